The number of carbonyl (C=O) groups is 1. The number of halogens is 1. The Balaban J connectivity index is 2.69. The van der Waals surface area contributed by atoms with Crippen molar-refractivity contribution in [1.29, 1.82) is 0 Å². The number of likely N-dealkylation sites (N-methyl/N-ethyl adjacent to an activating group) is 1. The summed E-state index contributed by atoms with van der Waals surface area (Å²) in [5, 5.41) is 2.95. The zero-order chi connectivity index (χ0) is 13.7. The number of benzene rings is 1. The fraction of sp³-hybridized carbons (Fsp3) is 0.462. The summed E-state index contributed by atoms with van der Waals surface area (Å²) in [5.41, 5.74) is 7.09. The Bertz CT molecular complexity index is 430. The van der Waals surface area contributed by atoms with Gasteiger partial charge in [0, 0.05) is 13.1 Å². The van der Waals surface area contributed by atoms with Crippen LogP contribution in [0.4, 0.5) is 15.8 Å². The quantitative estimate of drug-likeness (QED) is 0.789. The molecule has 18 heavy (non-hydrogen) atoms. The molecule has 1 amide bonds. The fourth-order valence-electron chi connectivity index (χ4n) is 1.71. The van der Waals surface area contributed by atoms with Gasteiger partial charge in [-0.25, -0.2) is 4.39 Å². The Morgan fingerprint density at radius 3 is 2.56 bits per heavy atom. The predicted octanol–water partition coefficient (Wildman–Crippen LogP) is 2.00. The van der Waals surface area contributed by atoms with E-state index < -0.39 is 0 Å². The molecule has 0 atom stereocenters. The van der Waals surface area contributed by atoms with Gasteiger partial charge in [0.05, 0.1) is 17.9 Å². The first kappa shape index (κ1) is 14.3. The van der Waals surface area contributed by atoms with Gasteiger partial charge in [0.1, 0.15) is 5.82 Å². The highest BCUT2D eigenvalue weighted by Gasteiger charge is 2.10. The highest BCUT2D eigenvalue weighted by atomic mass is 19.1. The molecule has 0 unspecified atom stereocenters. The number of hydrogen-bond donors (Lipinski definition) is 2. The van der Waals surface area contributed by atoms with Crippen LogP contribution >= 0.6 is 0 Å². The van der Waals surface area contributed by atoms with E-state index in [0.29, 0.717) is 30.0 Å². The molecule has 0 heterocycles. The summed E-state index contributed by atoms with van der Waals surface area (Å²) in [7, 11) is 0. The lowest BCUT2D eigenvalue weighted by molar-refractivity contribution is -0.128. The molecule has 0 saturated carbocycles. The maximum absolute atomic E-state index is 13.2. The molecule has 0 radical (unpaired) electrons. The van der Waals surface area contributed by atoms with Crippen molar-refractivity contribution in [3.05, 3.63) is 23.5 Å². The molecule has 4 nitrogen and oxygen atoms in total. The van der Waals surface area contributed by atoms with Crippen LogP contribution in [0.3, 0.4) is 0 Å². The molecule has 1 aromatic rings. The van der Waals surface area contributed by atoms with E-state index in [9.17, 15) is 9.18 Å². The Morgan fingerprint density at radius 1 is 1.39 bits per heavy atom. The summed E-state index contributed by atoms with van der Waals surface area (Å²) in [5.74, 6) is -0.338. The van der Waals surface area contributed by atoms with E-state index >= 15 is 0 Å². The average molecular weight is 253 g/mol. The zero-order valence-corrected chi connectivity index (χ0v) is 11.1. The summed E-state index contributed by atoms with van der Waals surface area (Å²) >= 11 is 0. The number of nitrogen functional groups attached to an aromatic ring is 1. The van der Waals surface area contributed by atoms with Gasteiger partial charge >= 0.3 is 0 Å². The van der Waals surface area contributed by atoms with Crippen molar-refractivity contribution in [2.24, 2.45) is 0 Å². The van der Waals surface area contributed by atoms with Crippen molar-refractivity contribution in [2.75, 3.05) is 30.7 Å². The molecule has 100 valence electrons. The first-order valence-electron chi connectivity index (χ1n) is 6.06. The Labute approximate surface area is 107 Å². The molecule has 3 N–H and O–H groups in total. The van der Waals surface area contributed by atoms with E-state index in [0.717, 1.165) is 0 Å². The number of aryl methyl sites for hydroxylation is 1. The number of carbonyl (C=O) groups excluding carboxylic acids is 1. The van der Waals surface area contributed by atoms with Crippen molar-refractivity contribution in [2.45, 2.75) is 20.8 Å². The number of nitrogens with two attached hydrogens (primary N) is 1. The molecule has 0 aliphatic carbocycles. The van der Waals surface area contributed by atoms with Gasteiger partial charge in [-0.05, 0) is 38.5 Å². The number of rotatable bonds is 5. The molecule has 0 spiro atoms. The Kier molecular flexibility index (Phi) is 4.95. The highest BCUT2D eigenvalue weighted by Crippen LogP contribution is 2.22. The van der Waals surface area contributed by atoms with Crippen LogP contribution in [0, 0.1) is 12.7 Å². The van der Waals surface area contributed by atoms with Crippen molar-refractivity contribution in [3.8, 4) is 0 Å². The topological polar surface area (TPSA) is 58.4 Å². The molecule has 0 fully saturated rings. The molecule has 1 aromatic carbocycles. The van der Waals surface area contributed by atoms with Crippen LogP contribution < -0.4 is 11.1 Å². The van der Waals surface area contributed by atoms with Crippen molar-refractivity contribution in [1.82, 2.24) is 4.90 Å². The van der Waals surface area contributed by atoms with E-state index in [-0.39, 0.29) is 18.3 Å². The van der Waals surface area contributed by atoms with Gasteiger partial charge in [-0.2, -0.15) is 0 Å². The van der Waals surface area contributed by atoms with E-state index in [1.165, 1.54) is 6.07 Å². The van der Waals surface area contributed by atoms with Gasteiger partial charge in [0.15, 0.2) is 0 Å². The van der Waals surface area contributed by atoms with Crippen LogP contribution in [0.1, 0.15) is 19.4 Å². The van der Waals surface area contributed by atoms with Gasteiger partial charge in [0.25, 0.3) is 0 Å². The molecule has 0 bridgehead atoms. The molecule has 0 aromatic heterocycles. The molecule has 0 aliphatic rings. The van der Waals surface area contributed by atoms with Gasteiger partial charge in [-0.1, -0.05) is 0 Å². The summed E-state index contributed by atoms with van der Waals surface area (Å²) in [6, 6.07) is 2.87. The summed E-state index contributed by atoms with van der Waals surface area (Å²) < 4.78 is 13.2. The lowest BCUT2D eigenvalue weighted by Gasteiger charge is -2.19. The minimum Gasteiger partial charge on any atom is -0.397 e. The number of nitrogens with zero attached hydrogens (tertiary/aromatic N) is 1. The smallest absolute Gasteiger partial charge is 0.241 e. The lowest BCUT2D eigenvalue weighted by atomic mass is 10.2. The monoisotopic (exact) mass is 253 g/mol. The zero-order valence-electron chi connectivity index (χ0n) is 11.1. The number of hydrogen-bond acceptors (Lipinski definition) is 3. The van der Waals surface area contributed by atoms with Gasteiger partial charge in [-0.15, -0.1) is 0 Å². The van der Waals surface area contributed by atoms with E-state index in [1.54, 1.807) is 17.9 Å². The Morgan fingerprint density at radius 2 is 2.00 bits per heavy atom. The van der Waals surface area contributed by atoms with Crippen molar-refractivity contribution >= 4 is 17.3 Å². The molecular formula is C13H20FN3O. The van der Waals surface area contributed by atoms with Gasteiger partial charge in [-0.3, -0.25) is 4.79 Å². The van der Waals surface area contributed by atoms with Crippen LogP contribution in [0.2, 0.25) is 0 Å². The van der Waals surface area contributed by atoms with Crippen LogP contribution in [-0.2, 0) is 4.79 Å². The van der Waals surface area contributed by atoms with E-state index in [2.05, 4.69) is 5.32 Å². The number of anilines is 2. The minimum absolute atomic E-state index is 0.00128. The average Bonchev–Trinajstić information content (AvgIpc) is 2.33. The van der Waals surface area contributed by atoms with Crippen LogP contribution in [0.5, 0.6) is 0 Å². The molecule has 0 aliphatic heterocycles. The van der Waals surface area contributed by atoms with E-state index in [4.69, 9.17) is 5.73 Å². The second-order valence-electron chi connectivity index (χ2n) is 4.11. The first-order chi connectivity index (χ1) is 8.49. The summed E-state index contributed by atoms with van der Waals surface area (Å²) in [6.45, 7) is 7.03. The second kappa shape index (κ2) is 6.23. The maximum atomic E-state index is 13.2. The van der Waals surface area contributed by atoms with Gasteiger partial charge in [0.2, 0.25) is 5.91 Å². The first-order valence-corrected chi connectivity index (χ1v) is 6.06. The lowest BCUT2D eigenvalue weighted by Crippen LogP contribution is -2.35. The third kappa shape index (κ3) is 3.35. The van der Waals surface area contributed by atoms with Crippen LogP contribution in [-0.4, -0.2) is 30.4 Å². The normalized spacial score (nSPS) is 10.2. The molecule has 1 rings (SSSR count). The summed E-state index contributed by atoms with van der Waals surface area (Å²) in [6.07, 6.45) is 0. The highest BCUT2D eigenvalue weighted by molar-refractivity contribution is 5.82. The van der Waals surface area contributed by atoms with Crippen LogP contribution in [0.25, 0.3) is 0 Å². The maximum Gasteiger partial charge on any atom is 0.241 e. The molecule has 0 saturated heterocycles. The number of amides is 1. The summed E-state index contributed by atoms with van der Waals surface area (Å²) in [4.78, 5) is 13.5. The molecular weight excluding hydrogens is 233 g/mol. The van der Waals surface area contributed by atoms with Crippen LogP contribution in [0.15, 0.2) is 12.1 Å². The second-order valence-corrected chi connectivity index (χ2v) is 4.11. The standard InChI is InChI=1S/C13H20FN3O/c1-4-17(5-2)13(18)8-16-12-6-9(3)10(14)7-11(12)15/h6-7,16H,4-5,8,15H2,1-3H3. The molecule has 5 heteroatoms. The predicted molar refractivity (Wildman–Crippen MR) is 72.0 cm³/mol. The SMILES string of the molecule is CCN(CC)C(=O)CNc1cc(C)c(F)cc1N. The fourth-order valence-corrected chi connectivity index (χ4v) is 1.71. The van der Waals surface area contributed by atoms with E-state index in [1.807, 2.05) is 13.8 Å². The van der Waals surface area contributed by atoms with Gasteiger partial charge < -0.3 is 16.0 Å². The largest absolute Gasteiger partial charge is 0.397 e. The van der Waals surface area contributed by atoms with Crippen molar-refractivity contribution < 1.29 is 9.18 Å². The van der Waals surface area contributed by atoms with Crippen molar-refractivity contribution in [3.63, 3.8) is 0 Å². The third-order valence-electron chi connectivity index (χ3n) is 2.88. The minimum atomic E-state index is -0.340. The third-order valence-corrected chi connectivity index (χ3v) is 2.88. The Hall–Kier alpha value is -1.78. The number of nitrogens with one attached hydrogen (secondary N) is 1.